The van der Waals surface area contributed by atoms with Gasteiger partial charge in [-0.05, 0) is 43.2 Å². The predicted molar refractivity (Wildman–Crippen MR) is 115 cm³/mol. The average molecular weight is 390 g/mol. The Hall–Kier alpha value is -1.84. The van der Waals surface area contributed by atoms with E-state index >= 15 is 0 Å². The summed E-state index contributed by atoms with van der Waals surface area (Å²) in [6.45, 7) is 7.39. The number of aryl methyl sites for hydroxylation is 2. The third-order valence-corrected chi connectivity index (χ3v) is 5.40. The minimum atomic E-state index is -0.505. The van der Waals surface area contributed by atoms with Crippen molar-refractivity contribution >= 4 is 11.9 Å². The first-order valence-corrected chi connectivity index (χ1v) is 10.9. The van der Waals surface area contributed by atoms with Crippen molar-refractivity contribution in [2.75, 3.05) is 6.61 Å². The van der Waals surface area contributed by atoms with Crippen LogP contribution >= 0.6 is 0 Å². The Labute approximate surface area is 171 Å². The van der Waals surface area contributed by atoms with Gasteiger partial charge in [0.1, 0.15) is 6.61 Å². The molecule has 0 radical (unpaired) electrons. The molecule has 28 heavy (non-hydrogen) atoms. The molecule has 4 heteroatoms. The first-order chi connectivity index (χ1) is 13.4. The van der Waals surface area contributed by atoms with Crippen LogP contribution in [0.25, 0.3) is 0 Å². The second-order valence-electron chi connectivity index (χ2n) is 7.93. The maximum atomic E-state index is 11.7. The van der Waals surface area contributed by atoms with Crippen LogP contribution in [0.1, 0.15) is 90.2 Å². The van der Waals surface area contributed by atoms with Gasteiger partial charge in [0.2, 0.25) is 5.91 Å². The maximum absolute atomic E-state index is 11.7. The van der Waals surface area contributed by atoms with Crippen molar-refractivity contribution in [2.45, 2.75) is 97.4 Å². The van der Waals surface area contributed by atoms with E-state index in [0.717, 1.165) is 25.7 Å². The van der Waals surface area contributed by atoms with Crippen LogP contribution < -0.4 is 5.32 Å². The number of carbonyl (C=O) groups is 2. The van der Waals surface area contributed by atoms with Crippen LogP contribution in [0.4, 0.5) is 0 Å². The highest BCUT2D eigenvalue weighted by molar-refractivity contribution is 5.74. The van der Waals surface area contributed by atoms with Crippen molar-refractivity contribution in [2.24, 2.45) is 0 Å². The Kier molecular flexibility index (Phi) is 11.5. The average Bonchev–Trinajstić information content (AvgIpc) is 2.67. The normalized spacial score (nSPS) is 13.0. The highest BCUT2D eigenvalue weighted by Gasteiger charge is 2.30. The lowest BCUT2D eigenvalue weighted by atomic mass is 9.89. The predicted octanol–water partition coefficient (Wildman–Crippen LogP) is 5.37. The van der Waals surface area contributed by atoms with E-state index in [2.05, 4.69) is 36.5 Å². The molecule has 0 saturated heterocycles. The summed E-state index contributed by atoms with van der Waals surface area (Å²) in [5, 5.41) is 3.01. The molecule has 158 valence electrons. The molecule has 1 rings (SSSR count). The summed E-state index contributed by atoms with van der Waals surface area (Å²) in [4.78, 5) is 22.9. The number of nitrogens with one attached hydrogen (secondary N) is 1. The molecule has 4 nitrogen and oxygen atoms in total. The number of amides is 1. The fourth-order valence-corrected chi connectivity index (χ4v) is 3.52. The molecule has 1 aromatic rings. The van der Waals surface area contributed by atoms with Gasteiger partial charge in [0.15, 0.2) is 0 Å². The summed E-state index contributed by atoms with van der Waals surface area (Å²) in [5.74, 6) is -0.412. The summed E-state index contributed by atoms with van der Waals surface area (Å²) >= 11 is 0. The summed E-state index contributed by atoms with van der Waals surface area (Å²) in [6.07, 6.45) is 11.4. The third-order valence-electron chi connectivity index (χ3n) is 5.40. The monoisotopic (exact) mass is 389 g/mol. The van der Waals surface area contributed by atoms with E-state index < -0.39 is 5.54 Å². The van der Waals surface area contributed by atoms with E-state index in [1.165, 1.54) is 63.5 Å². The van der Waals surface area contributed by atoms with E-state index in [4.69, 9.17) is 4.74 Å². The Morgan fingerprint density at radius 2 is 1.46 bits per heavy atom. The van der Waals surface area contributed by atoms with Crippen LogP contribution in [0.3, 0.4) is 0 Å². The van der Waals surface area contributed by atoms with Gasteiger partial charge in [0, 0.05) is 13.8 Å². The number of benzene rings is 1. The van der Waals surface area contributed by atoms with E-state index in [-0.39, 0.29) is 18.5 Å². The lowest BCUT2D eigenvalue weighted by Gasteiger charge is -2.33. The first kappa shape index (κ1) is 24.2. The number of hydrogen-bond acceptors (Lipinski definition) is 3. The van der Waals surface area contributed by atoms with E-state index in [1.807, 2.05) is 6.92 Å². The zero-order chi connectivity index (χ0) is 20.8. The Morgan fingerprint density at radius 1 is 0.893 bits per heavy atom. The first-order valence-electron chi connectivity index (χ1n) is 10.9. The summed E-state index contributed by atoms with van der Waals surface area (Å²) in [5.41, 5.74) is 2.13. The number of hydrogen-bond donors (Lipinski definition) is 1. The zero-order valence-electron chi connectivity index (χ0n) is 18.3. The van der Waals surface area contributed by atoms with Crippen LogP contribution in [-0.4, -0.2) is 24.0 Å². The second-order valence-corrected chi connectivity index (χ2v) is 7.93. The minimum absolute atomic E-state index is 0.0942. The fraction of sp³-hybridized carbons (Fsp3) is 0.667. The number of carbonyl (C=O) groups excluding carboxylic acids is 2. The molecule has 1 unspecified atom stereocenters. The molecular weight excluding hydrogens is 350 g/mol. The second kappa shape index (κ2) is 13.4. The van der Waals surface area contributed by atoms with Gasteiger partial charge in [-0.1, -0.05) is 70.2 Å². The van der Waals surface area contributed by atoms with E-state index in [1.54, 1.807) is 0 Å². The van der Waals surface area contributed by atoms with Crippen LogP contribution in [0, 0.1) is 0 Å². The molecule has 0 heterocycles. The van der Waals surface area contributed by atoms with E-state index in [9.17, 15) is 9.59 Å². The van der Waals surface area contributed by atoms with Gasteiger partial charge in [-0.2, -0.15) is 0 Å². The van der Waals surface area contributed by atoms with Crippen molar-refractivity contribution in [1.29, 1.82) is 0 Å². The van der Waals surface area contributed by atoms with Crippen molar-refractivity contribution in [1.82, 2.24) is 5.32 Å². The molecule has 1 aromatic carbocycles. The number of unbranched alkanes of at least 4 members (excludes halogenated alkanes) is 5. The van der Waals surface area contributed by atoms with Gasteiger partial charge in [-0.3, -0.25) is 9.59 Å². The van der Waals surface area contributed by atoms with Gasteiger partial charge in [0.05, 0.1) is 5.54 Å². The van der Waals surface area contributed by atoms with Gasteiger partial charge in [0.25, 0.3) is 0 Å². The zero-order valence-corrected chi connectivity index (χ0v) is 18.3. The van der Waals surface area contributed by atoms with Gasteiger partial charge < -0.3 is 10.1 Å². The van der Waals surface area contributed by atoms with Gasteiger partial charge in [-0.15, -0.1) is 0 Å². The van der Waals surface area contributed by atoms with Crippen molar-refractivity contribution in [3.8, 4) is 0 Å². The van der Waals surface area contributed by atoms with Crippen LogP contribution in [0.2, 0.25) is 0 Å². The molecule has 0 aliphatic carbocycles. The molecule has 0 aromatic heterocycles. The van der Waals surface area contributed by atoms with Crippen molar-refractivity contribution < 1.29 is 14.3 Å². The lowest BCUT2D eigenvalue weighted by molar-refractivity contribution is -0.144. The standard InChI is InChI=1S/C24H39NO3/c1-5-7-8-9-10-11-12-22-13-15-23(16-14-22)17-18-24(6-2,25-20(3)26)19-28-21(4)27/h13-16H,5-12,17-19H2,1-4H3,(H,25,26). The molecule has 1 N–H and O–H groups in total. The van der Waals surface area contributed by atoms with Crippen molar-refractivity contribution in [3.05, 3.63) is 35.4 Å². The Balaban J connectivity index is 2.53. The molecule has 0 fully saturated rings. The molecule has 0 saturated carbocycles. The summed E-state index contributed by atoms with van der Waals surface area (Å²) in [6, 6.07) is 8.82. The summed E-state index contributed by atoms with van der Waals surface area (Å²) in [7, 11) is 0. The Morgan fingerprint density at radius 3 is 2.00 bits per heavy atom. The number of rotatable bonds is 14. The minimum Gasteiger partial charge on any atom is -0.463 e. The lowest BCUT2D eigenvalue weighted by Crippen LogP contribution is -2.51. The molecule has 0 aliphatic heterocycles. The molecule has 0 spiro atoms. The largest absolute Gasteiger partial charge is 0.463 e. The highest BCUT2D eigenvalue weighted by atomic mass is 16.5. The molecule has 1 atom stereocenters. The molecule has 0 bridgehead atoms. The van der Waals surface area contributed by atoms with Crippen LogP contribution in [0.5, 0.6) is 0 Å². The fourth-order valence-electron chi connectivity index (χ4n) is 3.52. The number of ether oxygens (including phenoxy) is 1. The number of esters is 1. The summed E-state index contributed by atoms with van der Waals surface area (Å²) < 4.78 is 5.23. The van der Waals surface area contributed by atoms with Gasteiger partial charge in [-0.25, -0.2) is 0 Å². The van der Waals surface area contributed by atoms with Crippen LogP contribution in [0.15, 0.2) is 24.3 Å². The third kappa shape index (κ3) is 9.91. The maximum Gasteiger partial charge on any atom is 0.302 e. The molecule has 1 amide bonds. The SMILES string of the molecule is CCCCCCCCc1ccc(CCC(CC)(COC(C)=O)NC(C)=O)cc1. The molecule has 0 aliphatic rings. The smallest absolute Gasteiger partial charge is 0.302 e. The Bertz CT molecular complexity index is 582. The van der Waals surface area contributed by atoms with E-state index in [0.29, 0.717) is 0 Å². The molecular formula is C24H39NO3. The van der Waals surface area contributed by atoms with Gasteiger partial charge >= 0.3 is 5.97 Å². The highest BCUT2D eigenvalue weighted by Crippen LogP contribution is 2.20. The van der Waals surface area contributed by atoms with Crippen molar-refractivity contribution in [3.63, 3.8) is 0 Å². The van der Waals surface area contributed by atoms with Crippen LogP contribution in [-0.2, 0) is 27.2 Å². The topological polar surface area (TPSA) is 55.4 Å². The quantitative estimate of drug-likeness (QED) is 0.344.